The molecule has 1 atom stereocenters. The van der Waals surface area contributed by atoms with Gasteiger partial charge < -0.3 is 10.2 Å². The van der Waals surface area contributed by atoms with E-state index in [0.717, 1.165) is 19.5 Å². The van der Waals surface area contributed by atoms with Gasteiger partial charge in [0.1, 0.15) is 0 Å². The smallest absolute Gasteiger partial charge is 0.315 e. The Labute approximate surface area is 126 Å². The summed E-state index contributed by atoms with van der Waals surface area (Å²) in [6.07, 6.45) is 1.91. The van der Waals surface area contributed by atoms with Gasteiger partial charge in [0.2, 0.25) is 0 Å². The molecule has 2 nitrogen and oxygen atoms in total. The molecule has 0 bridgehead atoms. The fourth-order valence-corrected chi connectivity index (χ4v) is 4.24. The first-order valence-corrected chi connectivity index (χ1v) is 8.31. The highest BCUT2D eigenvalue weighted by Gasteiger charge is 2.43. The summed E-state index contributed by atoms with van der Waals surface area (Å²) in [6, 6.07) is 0. The van der Waals surface area contributed by atoms with Gasteiger partial charge in [-0.2, -0.15) is 13.2 Å². The molecule has 1 heterocycles. The Kier molecular flexibility index (Phi) is 5.58. The van der Waals surface area contributed by atoms with Gasteiger partial charge in [-0.25, -0.2) is 0 Å². The molecule has 124 valence electrons. The lowest BCUT2D eigenvalue weighted by molar-refractivity contribution is -0.176. The van der Waals surface area contributed by atoms with Gasteiger partial charge >= 0.3 is 6.18 Å². The molecule has 0 aromatic heterocycles. The SMILES string of the molecule is CC(C)CC1(CN2CCNCC(C(F)(F)F)C2)CCCC1. The van der Waals surface area contributed by atoms with Crippen LogP contribution in [0.15, 0.2) is 0 Å². The van der Waals surface area contributed by atoms with Gasteiger partial charge in [-0.05, 0) is 30.6 Å². The number of nitrogens with one attached hydrogen (secondary N) is 1. The lowest BCUT2D eigenvalue weighted by Gasteiger charge is -2.37. The van der Waals surface area contributed by atoms with Gasteiger partial charge in [-0.1, -0.05) is 26.7 Å². The van der Waals surface area contributed by atoms with Crippen molar-refractivity contribution in [2.45, 2.75) is 52.1 Å². The standard InChI is InChI=1S/C16H29F3N2/c1-13(2)9-15(5-3-4-6-15)12-21-8-7-20-10-14(11-21)16(17,18)19/h13-14,20H,3-12H2,1-2H3. The summed E-state index contributed by atoms with van der Waals surface area (Å²) in [4.78, 5) is 2.08. The van der Waals surface area contributed by atoms with E-state index in [2.05, 4.69) is 24.1 Å². The van der Waals surface area contributed by atoms with Gasteiger partial charge in [-0.3, -0.25) is 0 Å². The van der Waals surface area contributed by atoms with E-state index in [4.69, 9.17) is 0 Å². The average Bonchev–Trinajstić information content (AvgIpc) is 2.65. The van der Waals surface area contributed by atoms with E-state index >= 15 is 0 Å². The van der Waals surface area contributed by atoms with Crippen LogP contribution in [0.1, 0.15) is 46.0 Å². The van der Waals surface area contributed by atoms with Crippen LogP contribution >= 0.6 is 0 Å². The molecule has 1 N–H and O–H groups in total. The maximum absolute atomic E-state index is 13.0. The zero-order chi connectivity index (χ0) is 15.5. The van der Waals surface area contributed by atoms with Crippen molar-refractivity contribution in [3.63, 3.8) is 0 Å². The Morgan fingerprint density at radius 3 is 2.48 bits per heavy atom. The van der Waals surface area contributed by atoms with E-state index in [0.29, 0.717) is 12.5 Å². The number of hydrogen-bond donors (Lipinski definition) is 1. The van der Waals surface area contributed by atoms with E-state index in [1.165, 1.54) is 25.7 Å². The molecular weight excluding hydrogens is 277 g/mol. The van der Waals surface area contributed by atoms with Crippen LogP contribution in [-0.4, -0.2) is 43.8 Å². The van der Waals surface area contributed by atoms with Crippen LogP contribution in [-0.2, 0) is 0 Å². The molecule has 2 fully saturated rings. The van der Waals surface area contributed by atoms with Crippen LogP contribution in [0.4, 0.5) is 13.2 Å². The topological polar surface area (TPSA) is 15.3 Å². The van der Waals surface area contributed by atoms with Crippen molar-refractivity contribution in [2.75, 3.05) is 32.7 Å². The molecule has 1 aliphatic carbocycles. The van der Waals surface area contributed by atoms with Crippen molar-refractivity contribution in [1.82, 2.24) is 10.2 Å². The van der Waals surface area contributed by atoms with Gasteiger partial charge in [0.25, 0.3) is 0 Å². The van der Waals surface area contributed by atoms with Crippen molar-refractivity contribution in [2.24, 2.45) is 17.3 Å². The fraction of sp³-hybridized carbons (Fsp3) is 1.00. The normalized spacial score (nSPS) is 28.0. The van der Waals surface area contributed by atoms with Crippen molar-refractivity contribution in [1.29, 1.82) is 0 Å². The Morgan fingerprint density at radius 1 is 1.24 bits per heavy atom. The molecule has 0 spiro atoms. The quantitative estimate of drug-likeness (QED) is 0.852. The lowest BCUT2D eigenvalue weighted by atomic mass is 9.78. The van der Waals surface area contributed by atoms with Gasteiger partial charge in [-0.15, -0.1) is 0 Å². The summed E-state index contributed by atoms with van der Waals surface area (Å²) >= 11 is 0. The molecule has 1 aliphatic heterocycles. The first-order valence-electron chi connectivity index (χ1n) is 8.31. The highest BCUT2D eigenvalue weighted by molar-refractivity contribution is 4.90. The number of alkyl halides is 3. The molecule has 2 rings (SSSR count). The average molecular weight is 306 g/mol. The summed E-state index contributed by atoms with van der Waals surface area (Å²) in [5.74, 6) is -0.607. The number of hydrogen-bond acceptors (Lipinski definition) is 2. The van der Waals surface area contributed by atoms with Gasteiger partial charge in [0.15, 0.2) is 0 Å². The number of halogens is 3. The lowest BCUT2D eigenvalue weighted by Crippen LogP contribution is -2.43. The molecule has 0 aromatic rings. The zero-order valence-electron chi connectivity index (χ0n) is 13.3. The molecule has 1 unspecified atom stereocenters. The highest BCUT2D eigenvalue weighted by Crippen LogP contribution is 2.44. The van der Waals surface area contributed by atoms with Crippen molar-refractivity contribution < 1.29 is 13.2 Å². The van der Waals surface area contributed by atoms with Crippen LogP contribution in [0, 0.1) is 17.3 Å². The Balaban J connectivity index is 2.01. The zero-order valence-corrected chi connectivity index (χ0v) is 13.3. The Bertz CT molecular complexity index is 322. The molecule has 0 radical (unpaired) electrons. The minimum Gasteiger partial charge on any atom is -0.315 e. The molecule has 0 aromatic carbocycles. The van der Waals surface area contributed by atoms with E-state index in [1.54, 1.807) is 0 Å². The number of nitrogens with zero attached hydrogens (tertiary/aromatic N) is 1. The van der Waals surface area contributed by atoms with Crippen molar-refractivity contribution in [3.8, 4) is 0 Å². The predicted octanol–water partition coefficient (Wildman–Crippen LogP) is 3.68. The Hall–Kier alpha value is -0.290. The van der Waals surface area contributed by atoms with E-state index < -0.39 is 12.1 Å². The molecule has 1 saturated carbocycles. The Morgan fingerprint density at radius 2 is 1.90 bits per heavy atom. The third-order valence-corrected chi connectivity index (χ3v) is 5.00. The summed E-state index contributed by atoms with van der Waals surface area (Å²) in [6.45, 7) is 6.94. The minimum absolute atomic E-state index is 0.0666. The maximum Gasteiger partial charge on any atom is 0.394 e. The summed E-state index contributed by atoms with van der Waals surface area (Å²) in [7, 11) is 0. The second kappa shape index (κ2) is 6.86. The molecule has 0 amide bonds. The van der Waals surface area contributed by atoms with Crippen LogP contribution < -0.4 is 5.32 Å². The first-order chi connectivity index (χ1) is 9.81. The van der Waals surface area contributed by atoms with Crippen molar-refractivity contribution in [3.05, 3.63) is 0 Å². The predicted molar refractivity (Wildman–Crippen MR) is 79.2 cm³/mol. The minimum atomic E-state index is -4.09. The van der Waals surface area contributed by atoms with E-state index in [9.17, 15) is 13.2 Å². The second-order valence-corrected chi connectivity index (χ2v) is 7.48. The molecular formula is C16H29F3N2. The van der Waals surface area contributed by atoms with E-state index in [1.807, 2.05) is 0 Å². The second-order valence-electron chi connectivity index (χ2n) is 7.48. The number of rotatable bonds is 4. The largest absolute Gasteiger partial charge is 0.394 e. The van der Waals surface area contributed by atoms with Crippen LogP contribution in [0.25, 0.3) is 0 Å². The molecule has 5 heteroatoms. The van der Waals surface area contributed by atoms with Crippen molar-refractivity contribution >= 4 is 0 Å². The first kappa shape index (κ1) is 17.1. The molecule has 21 heavy (non-hydrogen) atoms. The van der Waals surface area contributed by atoms with Crippen LogP contribution in [0.5, 0.6) is 0 Å². The summed E-state index contributed by atoms with van der Waals surface area (Å²) in [5, 5.41) is 2.95. The third-order valence-electron chi connectivity index (χ3n) is 5.00. The third kappa shape index (κ3) is 4.85. The van der Waals surface area contributed by atoms with Crippen LogP contribution in [0.3, 0.4) is 0 Å². The monoisotopic (exact) mass is 306 g/mol. The highest BCUT2D eigenvalue weighted by atomic mass is 19.4. The molecule has 2 aliphatic rings. The molecule has 1 saturated heterocycles. The van der Waals surface area contributed by atoms with E-state index in [-0.39, 0.29) is 18.5 Å². The summed E-state index contributed by atoms with van der Waals surface area (Å²) < 4.78 is 39.1. The van der Waals surface area contributed by atoms with Crippen LogP contribution in [0.2, 0.25) is 0 Å². The maximum atomic E-state index is 13.0. The van der Waals surface area contributed by atoms with Gasteiger partial charge in [0.05, 0.1) is 5.92 Å². The summed E-state index contributed by atoms with van der Waals surface area (Å²) in [5.41, 5.74) is 0.259. The van der Waals surface area contributed by atoms with Gasteiger partial charge in [0, 0.05) is 32.7 Å². The fourth-order valence-electron chi connectivity index (χ4n) is 4.24.